The summed E-state index contributed by atoms with van der Waals surface area (Å²) in [6.07, 6.45) is -0.127. The van der Waals surface area contributed by atoms with Crippen LogP contribution in [0, 0.1) is 11.2 Å². The molecule has 0 aromatic heterocycles. The SMILES string of the molecule is CCOC(C(NC)c1ccc(Cl)cc1F)C(C)(C)C. The largest absolute Gasteiger partial charge is 0.376 e. The van der Waals surface area contributed by atoms with Gasteiger partial charge in [0.25, 0.3) is 0 Å². The Morgan fingerprint density at radius 2 is 2.00 bits per heavy atom. The highest BCUT2D eigenvalue weighted by molar-refractivity contribution is 6.30. The van der Waals surface area contributed by atoms with Crippen LogP contribution in [-0.4, -0.2) is 19.8 Å². The molecule has 0 saturated heterocycles. The Kier molecular flexibility index (Phi) is 5.78. The molecule has 0 fully saturated rings. The second kappa shape index (κ2) is 6.69. The number of benzene rings is 1. The predicted molar refractivity (Wildman–Crippen MR) is 78.1 cm³/mol. The first kappa shape index (κ1) is 16.4. The summed E-state index contributed by atoms with van der Waals surface area (Å²) in [6, 6.07) is 4.55. The minimum absolute atomic E-state index is 0.101. The highest BCUT2D eigenvalue weighted by Gasteiger charge is 2.34. The van der Waals surface area contributed by atoms with E-state index in [-0.39, 0.29) is 23.4 Å². The summed E-state index contributed by atoms with van der Waals surface area (Å²) >= 11 is 5.80. The third kappa shape index (κ3) is 4.16. The number of ether oxygens (including phenoxy) is 1. The lowest BCUT2D eigenvalue weighted by molar-refractivity contribution is -0.0357. The zero-order valence-electron chi connectivity index (χ0n) is 12.3. The molecule has 1 N–H and O–H groups in total. The molecule has 0 aliphatic carbocycles. The van der Waals surface area contributed by atoms with Crippen LogP contribution in [0.2, 0.25) is 5.02 Å². The van der Waals surface area contributed by atoms with Crippen LogP contribution in [0.25, 0.3) is 0 Å². The lowest BCUT2D eigenvalue weighted by atomic mass is 9.82. The van der Waals surface area contributed by atoms with Gasteiger partial charge in [0.1, 0.15) is 5.82 Å². The molecule has 1 aromatic rings. The van der Waals surface area contributed by atoms with Gasteiger partial charge >= 0.3 is 0 Å². The Morgan fingerprint density at radius 1 is 1.37 bits per heavy atom. The summed E-state index contributed by atoms with van der Waals surface area (Å²) in [7, 11) is 1.82. The molecular weight excluding hydrogens is 265 g/mol. The molecule has 0 bridgehead atoms. The van der Waals surface area contributed by atoms with E-state index in [2.05, 4.69) is 26.1 Å². The van der Waals surface area contributed by atoms with Crippen LogP contribution in [0.3, 0.4) is 0 Å². The van der Waals surface area contributed by atoms with Gasteiger partial charge in [0.15, 0.2) is 0 Å². The van der Waals surface area contributed by atoms with Gasteiger partial charge in [-0.25, -0.2) is 4.39 Å². The van der Waals surface area contributed by atoms with Crippen molar-refractivity contribution in [3.63, 3.8) is 0 Å². The Morgan fingerprint density at radius 3 is 2.42 bits per heavy atom. The standard InChI is InChI=1S/C15H23ClFNO/c1-6-19-14(15(2,3)4)13(18-5)11-8-7-10(16)9-12(11)17/h7-9,13-14,18H,6H2,1-5H3. The molecule has 1 aromatic carbocycles. The van der Waals surface area contributed by atoms with Crippen LogP contribution in [0.15, 0.2) is 18.2 Å². The van der Waals surface area contributed by atoms with Crippen molar-refractivity contribution < 1.29 is 9.13 Å². The van der Waals surface area contributed by atoms with Gasteiger partial charge in [-0.2, -0.15) is 0 Å². The van der Waals surface area contributed by atoms with Gasteiger partial charge in [-0.15, -0.1) is 0 Å². The number of rotatable bonds is 5. The van der Waals surface area contributed by atoms with Crippen molar-refractivity contribution in [3.05, 3.63) is 34.6 Å². The van der Waals surface area contributed by atoms with E-state index in [9.17, 15) is 4.39 Å². The fraction of sp³-hybridized carbons (Fsp3) is 0.600. The summed E-state index contributed by atoms with van der Waals surface area (Å²) in [5.41, 5.74) is 0.482. The number of hydrogen-bond acceptors (Lipinski definition) is 2. The van der Waals surface area contributed by atoms with Crippen molar-refractivity contribution >= 4 is 11.6 Å². The van der Waals surface area contributed by atoms with Gasteiger partial charge in [0, 0.05) is 17.2 Å². The topological polar surface area (TPSA) is 21.3 Å². The molecule has 2 unspecified atom stereocenters. The molecule has 0 aliphatic heterocycles. The van der Waals surface area contributed by atoms with Crippen LogP contribution < -0.4 is 5.32 Å². The number of halogens is 2. The summed E-state index contributed by atoms with van der Waals surface area (Å²) in [4.78, 5) is 0. The number of likely N-dealkylation sites (N-methyl/N-ethyl adjacent to an activating group) is 1. The van der Waals surface area contributed by atoms with Gasteiger partial charge in [0.2, 0.25) is 0 Å². The minimum Gasteiger partial charge on any atom is -0.376 e. The molecule has 2 atom stereocenters. The monoisotopic (exact) mass is 287 g/mol. The molecule has 108 valence electrons. The van der Waals surface area contributed by atoms with E-state index in [1.54, 1.807) is 12.1 Å². The fourth-order valence-electron chi connectivity index (χ4n) is 2.25. The van der Waals surface area contributed by atoms with Crippen molar-refractivity contribution in [3.8, 4) is 0 Å². The third-order valence-electron chi connectivity index (χ3n) is 3.11. The highest BCUT2D eigenvalue weighted by atomic mass is 35.5. The first-order chi connectivity index (χ1) is 8.81. The van der Waals surface area contributed by atoms with Gasteiger partial charge in [-0.1, -0.05) is 38.4 Å². The summed E-state index contributed by atoms with van der Waals surface area (Å²) in [5, 5.41) is 3.56. The van der Waals surface area contributed by atoms with E-state index in [0.29, 0.717) is 17.2 Å². The molecular formula is C15H23ClFNO. The molecule has 0 heterocycles. The molecule has 19 heavy (non-hydrogen) atoms. The maximum Gasteiger partial charge on any atom is 0.129 e. The zero-order valence-corrected chi connectivity index (χ0v) is 13.0. The zero-order chi connectivity index (χ0) is 14.6. The van der Waals surface area contributed by atoms with Crippen LogP contribution in [-0.2, 0) is 4.74 Å². The first-order valence-electron chi connectivity index (χ1n) is 6.55. The van der Waals surface area contributed by atoms with Crippen LogP contribution in [0.1, 0.15) is 39.3 Å². The van der Waals surface area contributed by atoms with E-state index in [0.717, 1.165) is 0 Å². The number of hydrogen-bond donors (Lipinski definition) is 1. The van der Waals surface area contributed by atoms with E-state index < -0.39 is 0 Å². The lowest BCUT2D eigenvalue weighted by Gasteiger charge is -2.37. The molecule has 0 radical (unpaired) electrons. The van der Waals surface area contributed by atoms with Crippen LogP contribution >= 0.6 is 11.6 Å². The van der Waals surface area contributed by atoms with Crippen molar-refractivity contribution in [1.29, 1.82) is 0 Å². The normalized spacial score (nSPS) is 15.3. The highest BCUT2D eigenvalue weighted by Crippen LogP contribution is 2.34. The average molecular weight is 288 g/mol. The smallest absolute Gasteiger partial charge is 0.129 e. The van der Waals surface area contributed by atoms with Gasteiger partial charge in [0.05, 0.1) is 12.1 Å². The molecule has 4 heteroatoms. The Bertz CT molecular complexity index is 417. The van der Waals surface area contributed by atoms with Crippen molar-refractivity contribution in [2.45, 2.75) is 39.8 Å². The third-order valence-corrected chi connectivity index (χ3v) is 3.35. The Labute approximate surface area is 120 Å². The summed E-state index contributed by atoms with van der Waals surface area (Å²) in [6.45, 7) is 8.81. The van der Waals surface area contributed by atoms with Crippen molar-refractivity contribution in [1.82, 2.24) is 5.32 Å². The Hall–Kier alpha value is -0.640. The van der Waals surface area contributed by atoms with E-state index in [4.69, 9.17) is 16.3 Å². The Balaban J connectivity index is 3.16. The van der Waals surface area contributed by atoms with E-state index >= 15 is 0 Å². The van der Waals surface area contributed by atoms with Crippen molar-refractivity contribution in [2.75, 3.05) is 13.7 Å². The van der Waals surface area contributed by atoms with Crippen LogP contribution in [0.5, 0.6) is 0 Å². The average Bonchev–Trinajstić information content (AvgIpc) is 2.30. The van der Waals surface area contributed by atoms with Crippen molar-refractivity contribution in [2.24, 2.45) is 5.41 Å². The second-order valence-corrected chi connectivity index (χ2v) is 6.11. The number of nitrogens with one attached hydrogen (secondary N) is 1. The quantitative estimate of drug-likeness (QED) is 0.877. The van der Waals surface area contributed by atoms with Gasteiger partial charge in [-0.3, -0.25) is 0 Å². The summed E-state index contributed by atoms with van der Waals surface area (Å²) < 4.78 is 19.9. The maximum absolute atomic E-state index is 14.1. The van der Waals surface area contributed by atoms with E-state index in [1.165, 1.54) is 6.07 Å². The minimum atomic E-state index is -0.305. The van der Waals surface area contributed by atoms with E-state index in [1.807, 2.05) is 14.0 Å². The van der Waals surface area contributed by atoms with Gasteiger partial charge in [-0.05, 0) is 31.5 Å². The second-order valence-electron chi connectivity index (χ2n) is 5.67. The maximum atomic E-state index is 14.1. The van der Waals surface area contributed by atoms with Gasteiger partial charge < -0.3 is 10.1 Å². The predicted octanol–water partition coefficient (Wildman–Crippen LogP) is 4.19. The lowest BCUT2D eigenvalue weighted by Crippen LogP contribution is -2.41. The molecule has 0 saturated carbocycles. The first-order valence-corrected chi connectivity index (χ1v) is 6.92. The fourth-order valence-corrected chi connectivity index (χ4v) is 2.41. The van der Waals surface area contributed by atoms with Crippen LogP contribution in [0.4, 0.5) is 4.39 Å². The summed E-state index contributed by atoms with van der Waals surface area (Å²) in [5.74, 6) is -0.305. The molecule has 1 rings (SSSR count). The molecule has 0 aliphatic rings. The molecule has 2 nitrogen and oxygen atoms in total. The molecule has 0 amide bonds. The molecule has 0 spiro atoms.